The number of thioether (sulfide) groups is 1. The second kappa shape index (κ2) is 6.79. The Labute approximate surface area is 143 Å². The predicted molar refractivity (Wildman–Crippen MR) is 89.0 cm³/mol. The first-order valence-corrected chi connectivity index (χ1v) is 8.44. The fourth-order valence-electron chi connectivity index (χ4n) is 2.36. The molecule has 0 saturated carbocycles. The number of nitrogens with zero attached hydrogens (tertiary/aromatic N) is 2. The van der Waals surface area contributed by atoms with Gasteiger partial charge in [-0.15, -0.1) is 0 Å². The van der Waals surface area contributed by atoms with E-state index in [0.717, 1.165) is 0 Å². The molecule has 3 rings (SSSR count). The Morgan fingerprint density at radius 3 is 2.84 bits per heavy atom. The minimum absolute atomic E-state index is 0.0781. The maximum Gasteiger partial charge on any atom is 0.397 e. The number of alkyl halides is 3. The van der Waals surface area contributed by atoms with Gasteiger partial charge < -0.3 is 10.3 Å². The van der Waals surface area contributed by atoms with Gasteiger partial charge in [-0.2, -0.15) is 30.0 Å². The summed E-state index contributed by atoms with van der Waals surface area (Å²) in [6.45, 7) is 0.0781. The van der Waals surface area contributed by atoms with Crippen molar-refractivity contribution in [3.05, 3.63) is 46.4 Å². The Kier molecular flexibility index (Phi) is 4.71. The van der Waals surface area contributed by atoms with Crippen molar-refractivity contribution in [2.75, 3.05) is 18.1 Å². The molecule has 0 bridgehead atoms. The SMILES string of the molecule is O=C(NCCSCC(F)(F)F)c1cnn2c1[nH]c(=O)c1ccccc12. The van der Waals surface area contributed by atoms with E-state index in [1.165, 1.54) is 10.7 Å². The Balaban J connectivity index is 1.76. The number of carbonyl (C=O) groups is 1. The van der Waals surface area contributed by atoms with Gasteiger partial charge in [0.05, 0.1) is 22.9 Å². The number of aromatic amines is 1. The van der Waals surface area contributed by atoms with Crippen molar-refractivity contribution in [2.45, 2.75) is 6.18 Å². The van der Waals surface area contributed by atoms with Gasteiger partial charge in [0.1, 0.15) is 11.2 Å². The number of benzene rings is 1. The summed E-state index contributed by atoms with van der Waals surface area (Å²) in [5, 5.41) is 7.08. The van der Waals surface area contributed by atoms with E-state index < -0.39 is 17.8 Å². The first kappa shape index (κ1) is 17.3. The molecule has 1 amide bonds. The van der Waals surface area contributed by atoms with Crippen LogP contribution in [0.1, 0.15) is 10.4 Å². The van der Waals surface area contributed by atoms with Gasteiger partial charge in [0, 0.05) is 12.3 Å². The van der Waals surface area contributed by atoms with E-state index in [9.17, 15) is 22.8 Å². The van der Waals surface area contributed by atoms with Crippen LogP contribution in [0.25, 0.3) is 16.6 Å². The highest BCUT2D eigenvalue weighted by molar-refractivity contribution is 7.99. The van der Waals surface area contributed by atoms with Crippen molar-refractivity contribution in [1.29, 1.82) is 0 Å². The third-order valence-corrected chi connectivity index (χ3v) is 4.44. The fourth-order valence-corrected chi connectivity index (χ4v) is 2.98. The van der Waals surface area contributed by atoms with Crippen LogP contribution >= 0.6 is 11.8 Å². The molecule has 0 aliphatic rings. The number of hydrogen-bond donors (Lipinski definition) is 2. The van der Waals surface area contributed by atoms with Crippen LogP contribution < -0.4 is 10.9 Å². The smallest absolute Gasteiger partial charge is 0.351 e. The number of rotatable bonds is 5. The number of nitrogens with one attached hydrogen (secondary N) is 2. The lowest BCUT2D eigenvalue weighted by molar-refractivity contribution is -0.105. The van der Waals surface area contributed by atoms with Gasteiger partial charge in [-0.3, -0.25) is 9.59 Å². The zero-order valence-corrected chi connectivity index (χ0v) is 13.6. The molecule has 2 N–H and O–H groups in total. The maximum atomic E-state index is 12.2. The highest BCUT2D eigenvalue weighted by atomic mass is 32.2. The molecule has 2 aromatic heterocycles. The van der Waals surface area contributed by atoms with E-state index in [1.54, 1.807) is 24.3 Å². The molecule has 10 heteroatoms. The highest BCUT2D eigenvalue weighted by Gasteiger charge is 2.26. The summed E-state index contributed by atoms with van der Waals surface area (Å²) < 4.78 is 37.6. The van der Waals surface area contributed by atoms with Gasteiger partial charge in [0.25, 0.3) is 11.5 Å². The van der Waals surface area contributed by atoms with Gasteiger partial charge in [-0.25, -0.2) is 4.52 Å². The molecule has 25 heavy (non-hydrogen) atoms. The van der Waals surface area contributed by atoms with Crippen molar-refractivity contribution in [1.82, 2.24) is 19.9 Å². The number of para-hydroxylation sites is 1. The maximum absolute atomic E-state index is 12.2. The molecule has 0 unspecified atom stereocenters. The molecular formula is C15H13F3N4O2S. The Morgan fingerprint density at radius 2 is 2.08 bits per heavy atom. The minimum atomic E-state index is -4.22. The molecule has 2 heterocycles. The van der Waals surface area contributed by atoms with Gasteiger partial charge >= 0.3 is 6.18 Å². The Morgan fingerprint density at radius 1 is 1.32 bits per heavy atom. The van der Waals surface area contributed by atoms with Gasteiger partial charge in [-0.05, 0) is 12.1 Å². The van der Waals surface area contributed by atoms with Crippen molar-refractivity contribution in [3.63, 3.8) is 0 Å². The van der Waals surface area contributed by atoms with E-state index in [0.29, 0.717) is 22.7 Å². The van der Waals surface area contributed by atoms with Crippen LogP contribution in [-0.4, -0.2) is 44.7 Å². The van der Waals surface area contributed by atoms with Gasteiger partial charge in [0.2, 0.25) is 0 Å². The second-order valence-corrected chi connectivity index (χ2v) is 6.32. The molecule has 1 aromatic carbocycles. The number of aromatic nitrogens is 3. The molecule has 0 aliphatic carbocycles. The number of fused-ring (bicyclic) bond motifs is 3. The van der Waals surface area contributed by atoms with Crippen LogP contribution in [0.2, 0.25) is 0 Å². The number of carbonyl (C=O) groups excluding carboxylic acids is 1. The number of halogens is 3. The third kappa shape index (κ3) is 3.78. The summed E-state index contributed by atoms with van der Waals surface area (Å²) in [6.07, 6.45) is -2.91. The second-order valence-electron chi connectivity index (χ2n) is 5.21. The van der Waals surface area contributed by atoms with Gasteiger partial charge in [0.15, 0.2) is 0 Å². The average molecular weight is 370 g/mol. The van der Waals surface area contributed by atoms with Crippen molar-refractivity contribution in [3.8, 4) is 0 Å². The van der Waals surface area contributed by atoms with Crippen LogP contribution in [-0.2, 0) is 0 Å². The van der Waals surface area contributed by atoms with E-state index in [4.69, 9.17) is 0 Å². The standard InChI is InChI=1S/C15H13F3N4O2S/c16-15(17,18)8-25-6-5-19-13(23)10-7-20-22-11-4-2-1-3-9(11)14(24)21-12(10)22/h1-4,7H,5-6,8H2,(H,19,23)(H,21,24). The van der Waals surface area contributed by atoms with E-state index in [2.05, 4.69) is 15.4 Å². The Hall–Kier alpha value is -2.49. The normalized spacial score (nSPS) is 12.0. The van der Waals surface area contributed by atoms with Crippen molar-refractivity contribution in [2.24, 2.45) is 0 Å². The first-order chi connectivity index (χ1) is 11.9. The molecule has 0 aliphatic heterocycles. The summed E-state index contributed by atoms with van der Waals surface area (Å²) in [5.74, 6) is -1.34. The number of amides is 1. The molecule has 3 aromatic rings. The quantitative estimate of drug-likeness (QED) is 0.675. The van der Waals surface area contributed by atoms with Crippen LogP contribution in [0.5, 0.6) is 0 Å². The number of hydrogen-bond acceptors (Lipinski definition) is 4. The van der Waals surface area contributed by atoms with E-state index >= 15 is 0 Å². The lowest BCUT2D eigenvalue weighted by Gasteiger charge is -2.07. The summed E-state index contributed by atoms with van der Waals surface area (Å²) in [4.78, 5) is 26.9. The predicted octanol–water partition coefficient (Wildman–Crippen LogP) is 2.20. The van der Waals surface area contributed by atoms with Crippen LogP contribution in [0, 0.1) is 0 Å². The molecular weight excluding hydrogens is 357 g/mol. The summed E-state index contributed by atoms with van der Waals surface area (Å²) in [7, 11) is 0. The van der Waals surface area contributed by atoms with Crippen LogP contribution in [0.15, 0.2) is 35.3 Å². The fraction of sp³-hybridized carbons (Fsp3) is 0.267. The molecule has 0 fully saturated rings. The van der Waals surface area contributed by atoms with E-state index in [-0.39, 0.29) is 29.1 Å². The lowest BCUT2D eigenvalue weighted by atomic mass is 10.2. The third-order valence-electron chi connectivity index (χ3n) is 3.42. The molecule has 0 radical (unpaired) electrons. The zero-order valence-electron chi connectivity index (χ0n) is 12.8. The Bertz CT molecular complexity index is 980. The van der Waals surface area contributed by atoms with E-state index in [1.807, 2.05) is 0 Å². The molecule has 6 nitrogen and oxygen atoms in total. The molecule has 132 valence electrons. The largest absolute Gasteiger partial charge is 0.397 e. The summed E-state index contributed by atoms with van der Waals surface area (Å²) >= 11 is 0.689. The van der Waals surface area contributed by atoms with Gasteiger partial charge in [-0.1, -0.05) is 12.1 Å². The van der Waals surface area contributed by atoms with Crippen LogP contribution in [0.3, 0.4) is 0 Å². The van der Waals surface area contributed by atoms with Crippen molar-refractivity contribution >= 4 is 34.2 Å². The average Bonchev–Trinajstić information content (AvgIpc) is 2.97. The molecule has 0 saturated heterocycles. The lowest BCUT2D eigenvalue weighted by Crippen LogP contribution is -2.26. The molecule has 0 atom stereocenters. The zero-order chi connectivity index (χ0) is 18.0. The van der Waals surface area contributed by atoms with Crippen LogP contribution in [0.4, 0.5) is 13.2 Å². The topological polar surface area (TPSA) is 79.3 Å². The highest BCUT2D eigenvalue weighted by Crippen LogP contribution is 2.20. The summed E-state index contributed by atoms with van der Waals surface area (Å²) in [6, 6.07) is 6.83. The number of H-pyrrole nitrogens is 1. The first-order valence-electron chi connectivity index (χ1n) is 7.28. The molecule has 0 spiro atoms. The monoisotopic (exact) mass is 370 g/mol. The minimum Gasteiger partial charge on any atom is -0.351 e. The summed E-state index contributed by atoms with van der Waals surface area (Å²) in [5.41, 5.74) is 0.604. The van der Waals surface area contributed by atoms with Crippen molar-refractivity contribution < 1.29 is 18.0 Å².